The van der Waals surface area contributed by atoms with Crippen molar-refractivity contribution in [2.24, 2.45) is 5.92 Å². The molecule has 0 radical (unpaired) electrons. The van der Waals surface area contributed by atoms with Gasteiger partial charge in [0.1, 0.15) is 0 Å². The number of nitrogens with one attached hydrogen (secondary N) is 3. The molecule has 1 fully saturated rings. The lowest BCUT2D eigenvalue weighted by Gasteiger charge is -2.24. The van der Waals surface area contributed by atoms with Crippen LogP contribution in [0, 0.1) is 5.92 Å². The summed E-state index contributed by atoms with van der Waals surface area (Å²) in [6, 6.07) is 6.56. The minimum absolute atomic E-state index is 0.0186. The Morgan fingerprint density at radius 3 is 2.58 bits per heavy atom. The molecular weight excluding hydrogens is 330 g/mol. The Kier molecular flexibility index (Phi) is 7.03. The van der Waals surface area contributed by atoms with E-state index in [1.807, 2.05) is 20.8 Å². The van der Waals surface area contributed by atoms with Crippen LogP contribution in [0.3, 0.4) is 0 Å². The summed E-state index contributed by atoms with van der Waals surface area (Å²) in [5.41, 5.74) is 0.745. The number of hydrogen-bond donors (Lipinski definition) is 4. The van der Waals surface area contributed by atoms with E-state index in [-0.39, 0.29) is 36.0 Å². The van der Waals surface area contributed by atoms with E-state index in [4.69, 9.17) is 0 Å². The zero-order valence-corrected chi connectivity index (χ0v) is 16.0. The van der Waals surface area contributed by atoms with Crippen LogP contribution >= 0.6 is 0 Å². The molecule has 144 valence electrons. The molecule has 0 aromatic heterocycles. The molecule has 26 heavy (non-hydrogen) atoms. The van der Waals surface area contributed by atoms with Gasteiger partial charge in [-0.3, -0.25) is 4.79 Å². The molecule has 0 unspecified atom stereocenters. The van der Waals surface area contributed by atoms with Gasteiger partial charge in [-0.05, 0) is 51.8 Å². The molecule has 0 spiro atoms. The van der Waals surface area contributed by atoms with Crippen molar-refractivity contribution in [1.29, 1.82) is 0 Å². The molecule has 4 N–H and O–H groups in total. The van der Waals surface area contributed by atoms with Gasteiger partial charge in [0.25, 0.3) is 5.91 Å². The Balaban J connectivity index is 1.98. The number of benzene rings is 1. The Labute approximate surface area is 155 Å². The molecule has 3 amide bonds. The van der Waals surface area contributed by atoms with Gasteiger partial charge in [-0.25, -0.2) is 4.79 Å². The average Bonchev–Trinajstić information content (AvgIpc) is 2.78. The van der Waals surface area contributed by atoms with E-state index in [2.05, 4.69) is 16.0 Å². The Morgan fingerprint density at radius 2 is 1.88 bits per heavy atom. The fourth-order valence-corrected chi connectivity index (χ4v) is 3.28. The number of hydrogen-bond acceptors (Lipinski definition) is 3. The van der Waals surface area contributed by atoms with E-state index >= 15 is 0 Å². The molecule has 1 aromatic carbocycles. The van der Waals surface area contributed by atoms with Crippen molar-refractivity contribution in [3.05, 3.63) is 29.8 Å². The summed E-state index contributed by atoms with van der Waals surface area (Å²) < 4.78 is 0. The normalized spacial score (nSPS) is 20.8. The number of anilines is 1. The van der Waals surface area contributed by atoms with E-state index in [0.717, 1.165) is 32.1 Å². The maximum absolute atomic E-state index is 12.4. The van der Waals surface area contributed by atoms with Crippen LogP contribution in [0.2, 0.25) is 0 Å². The van der Waals surface area contributed by atoms with E-state index in [9.17, 15) is 14.7 Å². The molecule has 1 aliphatic rings. The zero-order chi connectivity index (χ0) is 19.2. The summed E-state index contributed by atoms with van der Waals surface area (Å²) in [4.78, 5) is 24.6. The topological polar surface area (TPSA) is 90.5 Å². The molecular formula is C20H31N3O3. The lowest BCUT2D eigenvalue weighted by Crippen LogP contribution is -2.43. The van der Waals surface area contributed by atoms with Crippen LogP contribution in [0.1, 0.15) is 63.2 Å². The smallest absolute Gasteiger partial charge is 0.319 e. The summed E-state index contributed by atoms with van der Waals surface area (Å²) in [7, 11) is 0. The molecule has 0 aliphatic heterocycles. The van der Waals surface area contributed by atoms with Crippen LogP contribution in [-0.4, -0.2) is 35.2 Å². The van der Waals surface area contributed by atoms with Gasteiger partial charge in [-0.2, -0.15) is 0 Å². The Morgan fingerprint density at radius 1 is 1.15 bits per heavy atom. The van der Waals surface area contributed by atoms with E-state index in [1.165, 1.54) is 0 Å². The number of rotatable bonds is 4. The number of aliphatic hydroxyl groups excluding tert-OH is 1. The third kappa shape index (κ3) is 6.33. The molecule has 1 saturated carbocycles. The van der Waals surface area contributed by atoms with Crippen LogP contribution in [-0.2, 0) is 0 Å². The summed E-state index contributed by atoms with van der Waals surface area (Å²) in [5.74, 6) is -0.0715. The van der Waals surface area contributed by atoms with Crippen LogP contribution in [0.15, 0.2) is 24.3 Å². The van der Waals surface area contributed by atoms with E-state index in [1.54, 1.807) is 24.3 Å². The fourth-order valence-electron chi connectivity index (χ4n) is 3.28. The summed E-state index contributed by atoms with van der Waals surface area (Å²) >= 11 is 0. The molecule has 2 atom stereocenters. The van der Waals surface area contributed by atoms with Gasteiger partial charge < -0.3 is 21.1 Å². The highest BCUT2D eigenvalue weighted by molar-refractivity contribution is 5.97. The molecule has 6 heteroatoms. The second kappa shape index (κ2) is 9.03. The lowest BCUT2D eigenvalue weighted by atomic mass is 9.96. The molecule has 0 bridgehead atoms. The maximum atomic E-state index is 12.4. The van der Waals surface area contributed by atoms with Gasteiger partial charge in [0.15, 0.2) is 0 Å². The van der Waals surface area contributed by atoms with Crippen molar-refractivity contribution < 1.29 is 14.7 Å². The third-order valence-electron chi connectivity index (χ3n) is 4.58. The first-order chi connectivity index (χ1) is 12.3. The highest BCUT2D eigenvalue weighted by atomic mass is 16.3. The number of aliphatic hydroxyl groups is 1. The van der Waals surface area contributed by atoms with E-state index < -0.39 is 0 Å². The average molecular weight is 361 g/mol. The van der Waals surface area contributed by atoms with Crippen LogP contribution in [0.5, 0.6) is 0 Å². The van der Waals surface area contributed by atoms with Gasteiger partial charge >= 0.3 is 6.03 Å². The standard InChI is InChI=1S/C20H31N3O3/c1-20(2,3)23-18(25)14-9-7-10-16(12-14)21-19(26)22-17-11-6-4-5-8-15(17)13-24/h7,9-10,12,15,17,24H,4-6,8,11,13H2,1-3H3,(H,23,25)(H2,21,22,26)/t15-,17+/m1/s1. The van der Waals surface area contributed by atoms with Crippen molar-refractivity contribution >= 4 is 17.6 Å². The zero-order valence-electron chi connectivity index (χ0n) is 16.0. The first kappa shape index (κ1) is 20.2. The predicted molar refractivity (Wildman–Crippen MR) is 103 cm³/mol. The fraction of sp³-hybridized carbons (Fsp3) is 0.600. The molecule has 0 saturated heterocycles. The first-order valence-corrected chi connectivity index (χ1v) is 9.39. The maximum Gasteiger partial charge on any atom is 0.319 e. The Bertz CT molecular complexity index is 625. The summed E-state index contributed by atoms with van der Waals surface area (Å²) in [6.45, 7) is 5.85. The first-order valence-electron chi connectivity index (χ1n) is 9.39. The molecule has 6 nitrogen and oxygen atoms in total. The van der Waals surface area contributed by atoms with Crippen LogP contribution < -0.4 is 16.0 Å². The highest BCUT2D eigenvalue weighted by Gasteiger charge is 2.24. The minimum Gasteiger partial charge on any atom is -0.396 e. The number of urea groups is 1. The third-order valence-corrected chi connectivity index (χ3v) is 4.58. The van der Waals surface area contributed by atoms with Gasteiger partial charge in [0, 0.05) is 35.4 Å². The molecule has 1 aromatic rings. The van der Waals surface area contributed by atoms with Crippen LogP contribution in [0.25, 0.3) is 0 Å². The summed E-state index contributed by atoms with van der Waals surface area (Å²) in [6.07, 6.45) is 5.11. The van der Waals surface area contributed by atoms with Crippen LogP contribution in [0.4, 0.5) is 10.5 Å². The largest absolute Gasteiger partial charge is 0.396 e. The quantitative estimate of drug-likeness (QED) is 0.620. The van der Waals surface area contributed by atoms with Crippen molar-refractivity contribution in [3.8, 4) is 0 Å². The van der Waals surface area contributed by atoms with Gasteiger partial charge in [0.2, 0.25) is 0 Å². The van der Waals surface area contributed by atoms with Crippen molar-refractivity contribution in [3.63, 3.8) is 0 Å². The molecule has 1 aliphatic carbocycles. The van der Waals surface area contributed by atoms with Gasteiger partial charge in [-0.1, -0.05) is 25.3 Å². The monoisotopic (exact) mass is 361 g/mol. The van der Waals surface area contributed by atoms with Crippen molar-refractivity contribution in [2.45, 2.75) is 64.5 Å². The molecule has 0 heterocycles. The lowest BCUT2D eigenvalue weighted by molar-refractivity contribution is 0.0919. The Hall–Kier alpha value is -2.08. The second-order valence-electron chi connectivity index (χ2n) is 8.07. The number of carbonyl (C=O) groups excluding carboxylic acids is 2. The van der Waals surface area contributed by atoms with Crippen molar-refractivity contribution in [2.75, 3.05) is 11.9 Å². The van der Waals surface area contributed by atoms with Crippen molar-refractivity contribution in [1.82, 2.24) is 10.6 Å². The SMILES string of the molecule is CC(C)(C)NC(=O)c1cccc(NC(=O)N[C@H]2CCCCC[C@@H]2CO)c1. The predicted octanol–water partition coefficient (Wildman–Crippen LogP) is 3.28. The number of carbonyl (C=O) groups is 2. The molecule has 2 rings (SSSR count). The van der Waals surface area contributed by atoms with Gasteiger partial charge in [-0.15, -0.1) is 0 Å². The summed E-state index contributed by atoms with van der Waals surface area (Å²) in [5, 5.41) is 18.3. The minimum atomic E-state index is -0.323. The number of amides is 3. The van der Waals surface area contributed by atoms with Gasteiger partial charge in [0.05, 0.1) is 0 Å². The van der Waals surface area contributed by atoms with E-state index in [0.29, 0.717) is 11.3 Å². The highest BCUT2D eigenvalue weighted by Crippen LogP contribution is 2.23. The second-order valence-corrected chi connectivity index (χ2v) is 8.07.